The molecule has 0 aliphatic carbocycles. The number of ether oxygens (including phenoxy) is 1. The molecular formula is C23H24N4O3. The van der Waals surface area contributed by atoms with Crippen LogP contribution in [0.1, 0.15) is 33.6 Å². The highest BCUT2D eigenvalue weighted by Crippen LogP contribution is 2.26. The Morgan fingerprint density at radius 1 is 1.20 bits per heavy atom. The average molecular weight is 404 g/mol. The predicted molar refractivity (Wildman–Crippen MR) is 114 cm³/mol. The summed E-state index contributed by atoms with van der Waals surface area (Å²) in [6, 6.07) is 13.5. The van der Waals surface area contributed by atoms with E-state index in [1.54, 1.807) is 10.9 Å². The van der Waals surface area contributed by atoms with Gasteiger partial charge in [-0.1, -0.05) is 18.2 Å². The Bertz CT molecular complexity index is 1100. The molecule has 0 atom stereocenters. The van der Waals surface area contributed by atoms with Crippen LogP contribution in [0.25, 0.3) is 5.69 Å². The molecule has 0 radical (unpaired) electrons. The largest absolute Gasteiger partial charge is 0.492 e. The van der Waals surface area contributed by atoms with Crippen molar-refractivity contribution in [2.75, 3.05) is 18.5 Å². The summed E-state index contributed by atoms with van der Waals surface area (Å²) >= 11 is 0. The van der Waals surface area contributed by atoms with Crippen molar-refractivity contribution in [3.05, 3.63) is 71.0 Å². The van der Waals surface area contributed by atoms with E-state index in [2.05, 4.69) is 15.7 Å². The van der Waals surface area contributed by atoms with Gasteiger partial charge in [0.1, 0.15) is 12.4 Å². The van der Waals surface area contributed by atoms with Crippen molar-refractivity contribution >= 4 is 17.5 Å². The smallest absolute Gasteiger partial charge is 0.254 e. The number of aryl methyl sites for hydroxylation is 2. The molecule has 1 aliphatic rings. The van der Waals surface area contributed by atoms with Crippen molar-refractivity contribution in [2.24, 2.45) is 0 Å². The van der Waals surface area contributed by atoms with Gasteiger partial charge < -0.3 is 15.4 Å². The molecule has 2 amide bonds. The lowest BCUT2D eigenvalue weighted by Crippen LogP contribution is -2.28. The van der Waals surface area contributed by atoms with Gasteiger partial charge in [-0.15, -0.1) is 0 Å². The first-order valence-electron chi connectivity index (χ1n) is 9.97. The normalized spacial score (nSPS) is 12.8. The summed E-state index contributed by atoms with van der Waals surface area (Å²) in [7, 11) is 0. The first-order chi connectivity index (χ1) is 14.5. The summed E-state index contributed by atoms with van der Waals surface area (Å²) < 4.78 is 7.54. The molecule has 7 nitrogen and oxygen atoms in total. The number of aromatic nitrogens is 2. The summed E-state index contributed by atoms with van der Waals surface area (Å²) in [6.45, 7) is 4.63. The Labute approximate surface area is 175 Å². The monoisotopic (exact) mass is 404 g/mol. The first-order valence-corrected chi connectivity index (χ1v) is 9.97. The minimum Gasteiger partial charge on any atom is -0.492 e. The maximum atomic E-state index is 12.6. The number of rotatable bonds is 6. The van der Waals surface area contributed by atoms with Crippen molar-refractivity contribution in [3.63, 3.8) is 0 Å². The molecule has 2 heterocycles. The minimum atomic E-state index is -0.177. The van der Waals surface area contributed by atoms with Crippen molar-refractivity contribution in [2.45, 2.75) is 26.7 Å². The van der Waals surface area contributed by atoms with E-state index < -0.39 is 0 Å². The molecule has 1 aliphatic heterocycles. The van der Waals surface area contributed by atoms with Crippen molar-refractivity contribution in [3.8, 4) is 11.4 Å². The topological polar surface area (TPSA) is 85.2 Å². The van der Waals surface area contributed by atoms with E-state index in [1.807, 2.05) is 56.3 Å². The summed E-state index contributed by atoms with van der Waals surface area (Å²) in [5, 5.41) is 10.1. The number of hydrogen-bond acceptors (Lipinski definition) is 4. The zero-order valence-corrected chi connectivity index (χ0v) is 17.1. The molecule has 7 heteroatoms. The average Bonchev–Trinajstić information content (AvgIpc) is 3.12. The summed E-state index contributed by atoms with van der Waals surface area (Å²) in [6.07, 6.45) is 2.79. The number of anilines is 1. The van der Waals surface area contributed by atoms with Gasteiger partial charge in [0.15, 0.2) is 0 Å². The second kappa shape index (κ2) is 8.41. The number of fused-ring (bicyclic) bond motifs is 1. The zero-order chi connectivity index (χ0) is 21.1. The van der Waals surface area contributed by atoms with Gasteiger partial charge in [0.25, 0.3) is 5.91 Å². The molecule has 2 aromatic carbocycles. The third kappa shape index (κ3) is 4.05. The van der Waals surface area contributed by atoms with Crippen LogP contribution in [0.4, 0.5) is 5.69 Å². The van der Waals surface area contributed by atoms with E-state index >= 15 is 0 Å². The van der Waals surface area contributed by atoms with E-state index in [0.29, 0.717) is 31.6 Å². The number of benzene rings is 2. The number of nitrogens with one attached hydrogen (secondary N) is 2. The molecule has 1 aromatic heterocycles. The van der Waals surface area contributed by atoms with Crippen LogP contribution in [0, 0.1) is 13.8 Å². The maximum absolute atomic E-state index is 12.6. The fourth-order valence-corrected chi connectivity index (χ4v) is 3.55. The highest BCUT2D eigenvalue weighted by atomic mass is 16.5. The lowest BCUT2D eigenvalue weighted by molar-refractivity contribution is -0.116. The molecule has 0 bridgehead atoms. The van der Waals surface area contributed by atoms with Crippen LogP contribution in [0.15, 0.2) is 48.7 Å². The second-order valence-electron chi connectivity index (χ2n) is 7.31. The SMILES string of the molecule is Cc1ccccc1-n1ncc(C(=O)NCCOc2ccc3c(c2)CCC(=O)N3)c1C. The molecule has 0 spiro atoms. The third-order valence-electron chi connectivity index (χ3n) is 5.23. The van der Waals surface area contributed by atoms with Crippen molar-refractivity contribution in [1.29, 1.82) is 0 Å². The van der Waals surface area contributed by atoms with Crippen LogP contribution in [0.2, 0.25) is 0 Å². The Morgan fingerprint density at radius 2 is 2.03 bits per heavy atom. The number of nitrogens with zero attached hydrogens (tertiary/aromatic N) is 2. The standard InChI is InChI=1S/C23H24N4O3/c1-15-5-3-4-6-21(15)27-16(2)19(14-25-27)23(29)24-11-12-30-18-8-9-20-17(13-18)7-10-22(28)26-20/h3-6,8-9,13-14H,7,10-12H2,1-2H3,(H,24,29)(H,26,28). The highest BCUT2D eigenvalue weighted by Gasteiger charge is 2.17. The molecule has 0 saturated heterocycles. The molecule has 3 aromatic rings. The highest BCUT2D eigenvalue weighted by molar-refractivity contribution is 5.95. The number of amides is 2. The van der Waals surface area contributed by atoms with E-state index in [-0.39, 0.29) is 11.8 Å². The Hall–Kier alpha value is -3.61. The van der Waals surface area contributed by atoms with Gasteiger partial charge >= 0.3 is 0 Å². The summed E-state index contributed by atoms with van der Waals surface area (Å²) in [5.41, 5.74) is 5.29. The fourth-order valence-electron chi connectivity index (χ4n) is 3.55. The number of carbonyl (C=O) groups excluding carboxylic acids is 2. The van der Waals surface area contributed by atoms with E-state index in [1.165, 1.54) is 0 Å². The molecule has 0 fully saturated rings. The Kier molecular flexibility index (Phi) is 5.52. The quantitative estimate of drug-likeness (QED) is 0.618. The van der Waals surface area contributed by atoms with Crippen LogP contribution in [-0.4, -0.2) is 34.7 Å². The summed E-state index contributed by atoms with van der Waals surface area (Å²) in [4.78, 5) is 24.0. The van der Waals surface area contributed by atoms with Gasteiger partial charge in [-0.3, -0.25) is 9.59 Å². The van der Waals surface area contributed by atoms with E-state index in [4.69, 9.17) is 4.74 Å². The lowest BCUT2D eigenvalue weighted by Gasteiger charge is -2.17. The van der Waals surface area contributed by atoms with Crippen molar-refractivity contribution in [1.82, 2.24) is 15.1 Å². The van der Waals surface area contributed by atoms with Crippen LogP contribution in [0.3, 0.4) is 0 Å². The Morgan fingerprint density at radius 3 is 2.87 bits per heavy atom. The number of para-hydroxylation sites is 1. The second-order valence-corrected chi connectivity index (χ2v) is 7.31. The van der Waals surface area contributed by atoms with Gasteiger partial charge in [-0.05, 0) is 55.7 Å². The van der Waals surface area contributed by atoms with E-state index in [9.17, 15) is 9.59 Å². The van der Waals surface area contributed by atoms with Gasteiger partial charge in [-0.25, -0.2) is 4.68 Å². The summed E-state index contributed by atoms with van der Waals surface area (Å²) in [5.74, 6) is 0.590. The molecule has 154 valence electrons. The third-order valence-corrected chi connectivity index (χ3v) is 5.23. The van der Waals surface area contributed by atoms with Gasteiger partial charge in [-0.2, -0.15) is 5.10 Å². The number of hydrogen-bond donors (Lipinski definition) is 2. The lowest BCUT2D eigenvalue weighted by atomic mass is 10.0. The number of carbonyl (C=O) groups is 2. The molecule has 30 heavy (non-hydrogen) atoms. The van der Waals surface area contributed by atoms with Gasteiger partial charge in [0.05, 0.1) is 29.7 Å². The first kappa shape index (κ1) is 19.7. The van der Waals surface area contributed by atoms with Gasteiger partial charge in [0, 0.05) is 12.1 Å². The minimum absolute atomic E-state index is 0.0416. The van der Waals surface area contributed by atoms with E-state index in [0.717, 1.165) is 33.9 Å². The fraction of sp³-hybridized carbons (Fsp3) is 0.261. The zero-order valence-electron chi connectivity index (χ0n) is 17.1. The van der Waals surface area contributed by atoms with Crippen LogP contribution < -0.4 is 15.4 Å². The Balaban J connectivity index is 1.33. The van der Waals surface area contributed by atoms with Crippen LogP contribution in [-0.2, 0) is 11.2 Å². The molecule has 4 rings (SSSR count). The molecule has 2 N–H and O–H groups in total. The molecular weight excluding hydrogens is 380 g/mol. The van der Waals surface area contributed by atoms with Crippen LogP contribution in [0.5, 0.6) is 5.75 Å². The van der Waals surface area contributed by atoms with Crippen molar-refractivity contribution < 1.29 is 14.3 Å². The van der Waals surface area contributed by atoms with Gasteiger partial charge in [0.2, 0.25) is 5.91 Å². The molecule has 0 saturated carbocycles. The maximum Gasteiger partial charge on any atom is 0.254 e. The van der Waals surface area contributed by atoms with Crippen LogP contribution >= 0.6 is 0 Å². The molecule has 0 unspecified atom stereocenters. The predicted octanol–water partition coefficient (Wildman–Crippen LogP) is 3.18.